The van der Waals surface area contributed by atoms with Gasteiger partial charge < -0.3 is 29.2 Å². The van der Waals surface area contributed by atoms with E-state index in [1.165, 1.54) is 0 Å². The van der Waals surface area contributed by atoms with Crippen molar-refractivity contribution in [2.45, 2.75) is 30.1 Å². The van der Waals surface area contributed by atoms with Gasteiger partial charge in [0.05, 0.1) is 19.6 Å². The molecule has 0 amide bonds. The van der Waals surface area contributed by atoms with Gasteiger partial charge in [-0.3, -0.25) is 4.79 Å². The number of aliphatic carboxylic acids is 1. The molecule has 2 aliphatic rings. The highest BCUT2D eigenvalue weighted by Gasteiger charge is 2.47. The first kappa shape index (κ1) is 25.3. The van der Waals surface area contributed by atoms with Crippen LogP contribution >= 0.6 is 11.8 Å². The van der Waals surface area contributed by atoms with E-state index in [1.807, 2.05) is 30.3 Å². The van der Waals surface area contributed by atoms with Gasteiger partial charge in [-0.2, -0.15) is 0 Å². The lowest BCUT2D eigenvalue weighted by molar-refractivity contribution is -0.142. The molecule has 37 heavy (non-hydrogen) atoms. The number of carboxylic acid groups (broad SMARTS) is 1. The molecule has 0 saturated heterocycles. The van der Waals surface area contributed by atoms with Gasteiger partial charge >= 0.3 is 5.97 Å². The highest BCUT2D eigenvalue weighted by molar-refractivity contribution is 7.99. The van der Waals surface area contributed by atoms with E-state index in [1.54, 1.807) is 24.9 Å². The maximum absolute atomic E-state index is 13.0. The maximum atomic E-state index is 13.0. The molecule has 0 spiro atoms. The summed E-state index contributed by atoms with van der Waals surface area (Å²) in [7, 11) is 1.57. The Labute approximate surface area is 220 Å². The summed E-state index contributed by atoms with van der Waals surface area (Å²) in [6.45, 7) is 2.23. The van der Waals surface area contributed by atoms with Crippen molar-refractivity contribution in [2.24, 2.45) is 5.92 Å². The molecule has 0 aromatic heterocycles. The van der Waals surface area contributed by atoms with Crippen LogP contribution in [0.2, 0.25) is 0 Å². The minimum Gasteiger partial charge on any atom is -0.497 e. The number of hydrogen-bond acceptors (Lipinski definition) is 7. The van der Waals surface area contributed by atoms with E-state index < -0.39 is 23.7 Å². The number of benzene rings is 3. The van der Waals surface area contributed by atoms with E-state index in [0.717, 1.165) is 39.3 Å². The summed E-state index contributed by atoms with van der Waals surface area (Å²) < 4.78 is 22.4. The Hall–Kier alpha value is -3.36. The molecule has 8 heteroatoms. The van der Waals surface area contributed by atoms with Crippen molar-refractivity contribution < 1.29 is 34.0 Å². The quantitative estimate of drug-likeness (QED) is 0.348. The van der Waals surface area contributed by atoms with Gasteiger partial charge in [-0.05, 0) is 59.2 Å². The minimum atomic E-state index is -0.893. The number of fused-ring (bicyclic) bond motifs is 2. The highest BCUT2D eigenvalue weighted by Crippen LogP contribution is 2.56. The molecule has 194 valence electrons. The molecule has 0 radical (unpaired) electrons. The first-order chi connectivity index (χ1) is 18.0. The SMILES string of the molecule is CCCSc1ccc2c(c1)[C@@H](c1ccc(OC)cc1OCCO)[C@H](C(=O)O)[C@H]2c1ccc2c(c1)OCO2. The molecule has 5 rings (SSSR count). The van der Waals surface area contributed by atoms with Crippen molar-refractivity contribution in [3.63, 3.8) is 0 Å². The van der Waals surface area contributed by atoms with Gasteiger partial charge in [-0.25, -0.2) is 0 Å². The van der Waals surface area contributed by atoms with Crippen LogP contribution in [-0.2, 0) is 4.79 Å². The molecule has 3 aromatic carbocycles. The molecule has 0 saturated carbocycles. The van der Waals surface area contributed by atoms with Crippen molar-refractivity contribution in [1.29, 1.82) is 0 Å². The Kier molecular flexibility index (Phi) is 7.48. The van der Waals surface area contributed by atoms with Gasteiger partial charge in [0.15, 0.2) is 11.5 Å². The molecule has 1 heterocycles. The van der Waals surface area contributed by atoms with Crippen molar-refractivity contribution in [2.75, 3.05) is 32.9 Å². The molecule has 7 nitrogen and oxygen atoms in total. The largest absolute Gasteiger partial charge is 0.497 e. The fourth-order valence-electron chi connectivity index (χ4n) is 5.31. The molecular formula is C29H30O7S. The zero-order valence-electron chi connectivity index (χ0n) is 20.8. The lowest BCUT2D eigenvalue weighted by Crippen LogP contribution is -2.24. The molecule has 0 fully saturated rings. The number of ether oxygens (including phenoxy) is 4. The van der Waals surface area contributed by atoms with E-state index in [0.29, 0.717) is 23.0 Å². The number of carbonyl (C=O) groups is 1. The van der Waals surface area contributed by atoms with Crippen molar-refractivity contribution in [3.05, 3.63) is 76.9 Å². The average Bonchev–Trinajstić information content (AvgIpc) is 3.52. The summed E-state index contributed by atoms with van der Waals surface area (Å²) in [6, 6.07) is 17.4. The normalized spacial score (nSPS) is 19.5. The van der Waals surface area contributed by atoms with E-state index in [2.05, 4.69) is 25.1 Å². The Morgan fingerprint density at radius 2 is 1.81 bits per heavy atom. The van der Waals surface area contributed by atoms with Gasteiger partial charge in [0.1, 0.15) is 18.1 Å². The van der Waals surface area contributed by atoms with Gasteiger partial charge in [-0.15, -0.1) is 11.8 Å². The summed E-state index contributed by atoms with van der Waals surface area (Å²) in [5, 5.41) is 20.1. The molecule has 2 N–H and O–H groups in total. The summed E-state index contributed by atoms with van der Waals surface area (Å²) >= 11 is 1.76. The van der Waals surface area contributed by atoms with Crippen molar-refractivity contribution >= 4 is 17.7 Å². The fraction of sp³-hybridized carbons (Fsp3) is 0.345. The van der Waals surface area contributed by atoms with Crippen LogP contribution in [0.25, 0.3) is 0 Å². The number of methoxy groups -OCH3 is 1. The van der Waals surface area contributed by atoms with Crippen LogP contribution in [0, 0.1) is 5.92 Å². The number of rotatable bonds is 10. The van der Waals surface area contributed by atoms with Crippen molar-refractivity contribution in [1.82, 2.24) is 0 Å². The number of aliphatic hydroxyl groups excluding tert-OH is 1. The third kappa shape index (κ3) is 4.83. The molecule has 0 bridgehead atoms. The van der Waals surface area contributed by atoms with Crippen LogP contribution < -0.4 is 18.9 Å². The first-order valence-electron chi connectivity index (χ1n) is 12.4. The number of carboxylic acids is 1. The predicted molar refractivity (Wildman–Crippen MR) is 140 cm³/mol. The maximum Gasteiger partial charge on any atom is 0.308 e. The van der Waals surface area contributed by atoms with Crippen molar-refractivity contribution in [3.8, 4) is 23.0 Å². The van der Waals surface area contributed by atoms with Crippen LogP contribution in [0.1, 0.15) is 47.4 Å². The zero-order valence-corrected chi connectivity index (χ0v) is 21.6. The van der Waals surface area contributed by atoms with Gasteiger partial charge in [-0.1, -0.05) is 25.1 Å². The molecule has 1 aliphatic carbocycles. The monoisotopic (exact) mass is 522 g/mol. The summed E-state index contributed by atoms with van der Waals surface area (Å²) in [5.74, 6) is 0.821. The summed E-state index contributed by atoms with van der Waals surface area (Å²) in [6.07, 6.45) is 1.04. The fourth-order valence-corrected chi connectivity index (χ4v) is 6.13. The third-order valence-electron chi connectivity index (χ3n) is 6.86. The molecular weight excluding hydrogens is 492 g/mol. The van der Waals surface area contributed by atoms with E-state index in [-0.39, 0.29) is 20.0 Å². The van der Waals surface area contributed by atoms with Gasteiger partial charge in [0, 0.05) is 28.4 Å². The Morgan fingerprint density at radius 1 is 1.00 bits per heavy atom. The van der Waals surface area contributed by atoms with E-state index in [9.17, 15) is 15.0 Å². The standard InChI is InChI=1S/C29H30O7S/c1-3-12-37-19-6-8-20-22(15-19)27(21-7-5-18(33-2)14-24(21)34-11-10-30)28(29(31)32)26(20)17-4-9-23-25(13-17)36-16-35-23/h4-9,13-15,26-28,30H,3,10-12,16H2,1-2H3,(H,31,32)/t26-,27+,28+/m0/s1. The van der Waals surface area contributed by atoms with Gasteiger partial charge in [0.2, 0.25) is 6.79 Å². The minimum absolute atomic E-state index is 0.0927. The molecule has 3 aromatic rings. The van der Waals surface area contributed by atoms with E-state index >= 15 is 0 Å². The predicted octanol–water partition coefficient (Wildman–Crippen LogP) is 5.28. The third-order valence-corrected chi connectivity index (χ3v) is 8.06. The Balaban J connectivity index is 1.69. The second-order valence-electron chi connectivity index (χ2n) is 9.05. The van der Waals surface area contributed by atoms with Crippen LogP contribution in [0.15, 0.2) is 59.5 Å². The van der Waals surface area contributed by atoms with Crippen LogP contribution in [-0.4, -0.2) is 49.1 Å². The number of aliphatic hydroxyl groups is 1. The number of hydrogen-bond donors (Lipinski definition) is 2. The smallest absolute Gasteiger partial charge is 0.308 e. The Bertz CT molecular complexity index is 1290. The first-order valence-corrected chi connectivity index (χ1v) is 13.3. The number of thioether (sulfide) groups is 1. The lowest BCUT2D eigenvalue weighted by atomic mass is 9.79. The molecule has 1 aliphatic heterocycles. The average molecular weight is 523 g/mol. The molecule has 3 atom stereocenters. The van der Waals surface area contributed by atoms with Crippen LogP contribution in [0.5, 0.6) is 23.0 Å². The topological polar surface area (TPSA) is 94.5 Å². The van der Waals surface area contributed by atoms with Crippen LogP contribution in [0.3, 0.4) is 0 Å². The van der Waals surface area contributed by atoms with Gasteiger partial charge in [0.25, 0.3) is 0 Å². The second-order valence-corrected chi connectivity index (χ2v) is 10.2. The second kappa shape index (κ2) is 10.9. The highest BCUT2D eigenvalue weighted by atomic mass is 32.2. The Morgan fingerprint density at radius 3 is 2.57 bits per heavy atom. The van der Waals surface area contributed by atoms with Crippen LogP contribution in [0.4, 0.5) is 0 Å². The summed E-state index contributed by atoms with van der Waals surface area (Å²) in [4.78, 5) is 14.1. The molecule has 0 unspecified atom stereocenters. The van der Waals surface area contributed by atoms with E-state index in [4.69, 9.17) is 18.9 Å². The summed E-state index contributed by atoms with van der Waals surface area (Å²) in [5.41, 5.74) is 3.56. The lowest BCUT2D eigenvalue weighted by Gasteiger charge is -2.25. The zero-order chi connectivity index (χ0) is 25.9.